The molecule has 2 fully saturated rings. The SMILES string of the molecule is N[C@@H]1CC[C@H](C(=O)N2CCN(c3cccc(C(F)(F)F)c3)CC2)C1.O=C(O)C(F)(F)F.O=C(O)C(F)(F)F. The minimum Gasteiger partial charge on any atom is -0.475 e. The van der Waals surface area contributed by atoms with Crippen molar-refractivity contribution >= 4 is 23.5 Å². The Kier molecular flexibility index (Phi) is 11.2. The number of halogens is 9. The third kappa shape index (κ3) is 10.6. The topological polar surface area (TPSA) is 124 Å². The zero-order chi connectivity index (χ0) is 29.5. The first-order chi connectivity index (χ1) is 17.2. The minimum absolute atomic E-state index is 0.0140. The van der Waals surface area contributed by atoms with Gasteiger partial charge in [-0.1, -0.05) is 6.07 Å². The Bertz CT molecular complexity index is 935. The number of carboxylic acids is 2. The summed E-state index contributed by atoms with van der Waals surface area (Å²) < 4.78 is 102. The third-order valence-corrected chi connectivity index (χ3v) is 5.44. The van der Waals surface area contributed by atoms with Gasteiger partial charge in [0.1, 0.15) is 0 Å². The molecule has 1 saturated carbocycles. The predicted octanol–water partition coefficient (Wildman–Crippen LogP) is 3.75. The van der Waals surface area contributed by atoms with Crippen molar-refractivity contribution in [1.82, 2.24) is 4.90 Å². The molecule has 8 nitrogen and oxygen atoms in total. The number of hydrogen-bond donors (Lipinski definition) is 3. The van der Waals surface area contributed by atoms with Crippen molar-refractivity contribution in [1.29, 1.82) is 0 Å². The normalized spacial score (nSPS) is 20.1. The maximum Gasteiger partial charge on any atom is 0.490 e. The van der Waals surface area contributed by atoms with E-state index in [0.29, 0.717) is 31.9 Å². The van der Waals surface area contributed by atoms with Crippen LogP contribution in [-0.4, -0.2) is 77.5 Å². The van der Waals surface area contributed by atoms with Gasteiger partial charge in [-0.15, -0.1) is 0 Å². The van der Waals surface area contributed by atoms with Gasteiger partial charge in [0, 0.05) is 43.8 Å². The summed E-state index contributed by atoms with van der Waals surface area (Å²) in [6, 6.07) is 5.48. The predicted molar refractivity (Wildman–Crippen MR) is 113 cm³/mol. The Morgan fingerprint density at radius 1 is 0.816 bits per heavy atom. The van der Waals surface area contributed by atoms with E-state index >= 15 is 0 Å². The number of aliphatic carboxylic acids is 2. The second-order valence-electron chi connectivity index (χ2n) is 8.24. The Morgan fingerprint density at radius 2 is 1.29 bits per heavy atom. The average Bonchev–Trinajstić information content (AvgIpc) is 3.24. The number of carbonyl (C=O) groups is 3. The van der Waals surface area contributed by atoms with Gasteiger partial charge in [0.15, 0.2) is 0 Å². The van der Waals surface area contributed by atoms with E-state index in [2.05, 4.69) is 0 Å². The smallest absolute Gasteiger partial charge is 0.475 e. The van der Waals surface area contributed by atoms with Crippen molar-refractivity contribution in [2.45, 2.75) is 43.8 Å². The molecule has 1 aromatic carbocycles. The highest BCUT2D eigenvalue weighted by molar-refractivity contribution is 5.79. The second-order valence-corrected chi connectivity index (χ2v) is 8.24. The molecule has 17 heteroatoms. The molecule has 0 spiro atoms. The van der Waals surface area contributed by atoms with Gasteiger partial charge in [0.25, 0.3) is 0 Å². The number of alkyl halides is 9. The molecule has 1 aliphatic heterocycles. The third-order valence-electron chi connectivity index (χ3n) is 5.44. The number of nitrogens with two attached hydrogens (primary N) is 1. The molecule has 1 aromatic rings. The molecule has 1 saturated heterocycles. The number of piperazine rings is 1. The molecule has 4 N–H and O–H groups in total. The largest absolute Gasteiger partial charge is 0.490 e. The summed E-state index contributed by atoms with van der Waals surface area (Å²) >= 11 is 0. The van der Waals surface area contributed by atoms with Crippen LogP contribution < -0.4 is 10.6 Å². The number of amides is 1. The van der Waals surface area contributed by atoms with E-state index in [1.807, 2.05) is 9.80 Å². The fourth-order valence-corrected chi connectivity index (χ4v) is 3.56. The van der Waals surface area contributed by atoms with E-state index in [1.165, 1.54) is 12.1 Å². The molecule has 0 radical (unpaired) electrons. The molecule has 1 heterocycles. The molecule has 2 atom stereocenters. The lowest BCUT2D eigenvalue weighted by Crippen LogP contribution is -2.50. The van der Waals surface area contributed by atoms with Crippen LogP contribution in [-0.2, 0) is 20.6 Å². The number of hydrogen-bond acceptors (Lipinski definition) is 5. The summed E-state index contributed by atoms with van der Waals surface area (Å²) in [6.45, 7) is 2.18. The molecule has 216 valence electrons. The highest BCUT2D eigenvalue weighted by Crippen LogP contribution is 2.32. The van der Waals surface area contributed by atoms with Gasteiger partial charge >= 0.3 is 30.5 Å². The van der Waals surface area contributed by atoms with Crippen molar-refractivity contribution < 1.29 is 64.1 Å². The monoisotopic (exact) mass is 569 g/mol. The first-order valence-corrected chi connectivity index (χ1v) is 10.8. The van der Waals surface area contributed by atoms with Crippen molar-refractivity contribution in [3.8, 4) is 0 Å². The molecule has 1 aliphatic carbocycles. The van der Waals surface area contributed by atoms with Gasteiger partial charge in [-0.3, -0.25) is 4.79 Å². The van der Waals surface area contributed by atoms with Gasteiger partial charge in [0.05, 0.1) is 5.56 Å². The fourth-order valence-electron chi connectivity index (χ4n) is 3.56. The van der Waals surface area contributed by atoms with Gasteiger partial charge in [-0.25, -0.2) is 9.59 Å². The molecule has 0 bridgehead atoms. The molecule has 2 aliphatic rings. The summed E-state index contributed by atoms with van der Waals surface area (Å²) in [5.74, 6) is -5.35. The number of rotatable bonds is 2. The van der Waals surface area contributed by atoms with Crippen LogP contribution in [0.1, 0.15) is 24.8 Å². The van der Waals surface area contributed by atoms with Crippen LogP contribution in [0.2, 0.25) is 0 Å². The summed E-state index contributed by atoms with van der Waals surface area (Å²) in [5.41, 5.74) is 5.78. The maximum atomic E-state index is 12.8. The van der Waals surface area contributed by atoms with Crippen molar-refractivity contribution in [3.63, 3.8) is 0 Å². The summed E-state index contributed by atoms with van der Waals surface area (Å²) in [4.78, 5) is 34.0. The van der Waals surface area contributed by atoms with E-state index in [1.54, 1.807) is 6.07 Å². The molecular formula is C21H24F9N3O5. The summed E-state index contributed by atoms with van der Waals surface area (Å²) in [5, 5.41) is 14.2. The minimum atomic E-state index is -5.08. The van der Waals surface area contributed by atoms with Crippen molar-refractivity contribution in [2.24, 2.45) is 11.7 Å². The number of nitrogens with zero attached hydrogens (tertiary/aromatic N) is 2. The summed E-state index contributed by atoms with van der Waals surface area (Å²) in [6.07, 6.45) is -12.0. The van der Waals surface area contributed by atoms with Crippen LogP contribution in [0, 0.1) is 5.92 Å². The van der Waals surface area contributed by atoms with Gasteiger partial charge < -0.3 is 25.7 Å². The Balaban J connectivity index is 0.000000426. The molecular weight excluding hydrogens is 545 g/mol. The Morgan fingerprint density at radius 3 is 1.66 bits per heavy atom. The average molecular weight is 569 g/mol. The van der Waals surface area contributed by atoms with E-state index in [-0.39, 0.29) is 17.9 Å². The van der Waals surface area contributed by atoms with Crippen LogP contribution in [0.4, 0.5) is 45.2 Å². The standard InChI is InChI=1S/C17H22F3N3O.2C2HF3O2/c18-17(19,20)13-2-1-3-15(11-13)22-6-8-23(9-7-22)16(24)12-4-5-14(21)10-12;2*3-2(4,5)1(6)7/h1-3,11-12,14H,4-10,21H2;2*(H,6,7)/t12-,14+;;/m0../s1. The first kappa shape index (κ1) is 32.8. The Labute approximate surface area is 209 Å². The maximum absolute atomic E-state index is 12.8. The number of carbonyl (C=O) groups excluding carboxylic acids is 1. The van der Waals surface area contributed by atoms with Crippen molar-refractivity contribution in [2.75, 3.05) is 31.1 Å². The van der Waals surface area contributed by atoms with E-state index in [0.717, 1.165) is 25.3 Å². The fraction of sp³-hybridized carbons (Fsp3) is 0.571. The van der Waals surface area contributed by atoms with E-state index < -0.39 is 36.0 Å². The molecule has 0 unspecified atom stereocenters. The van der Waals surface area contributed by atoms with Crippen LogP contribution in [0.15, 0.2) is 24.3 Å². The quantitative estimate of drug-likeness (QED) is 0.464. The van der Waals surface area contributed by atoms with E-state index in [9.17, 15) is 44.3 Å². The molecule has 1 amide bonds. The lowest BCUT2D eigenvalue weighted by molar-refractivity contribution is -0.193. The van der Waals surface area contributed by atoms with Gasteiger partial charge in [-0.2, -0.15) is 39.5 Å². The number of anilines is 1. The number of benzene rings is 1. The first-order valence-electron chi connectivity index (χ1n) is 10.8. The Hall–Kier alpha value is -3.24. The van der Waals surface area contributed by atoms with Gasteiger partial charge in [-0.05, 0) is 37.5 Å². The molecule has 0 aromatic heterocycles. The highest BCUT2D eigenvalue weighted by Gasteiger charge is 2.39. The van der Waals surface area contributed by atoms with Crippen LogP contribution in [0.25, 0.3) is 0 Å². The molecule has 3 rings (SSSR count). The van der Waals surface area contributed by atoms with Crippen LogP contribution in [0.3, 0.4) is 0 Å². The zero-order valence-corrected chi connectivity index (χ0v) is 19.4. The zero-order valence-electron chi connectivity index (χ0n) is 19.4. The summed E-state index contributed by atoms with van der Waals surface area (Å²) in [7, 11) is 0. The number of carboxylic acid groups (broad SMARTS) is 2. The lowest BCUT2D eigenvalue weighted by Gasteiger charge is -2.37. The highest BCUT2D eigenvalue weighted by atomic mass is 19.4. The van der Waals surface area contributed by atoms with Crippen LogP contribution >= 0.6 is 0 Å². The van der Waals surface area contributed by atoms with Gasteiger partial charge in [0.2, 0.25) is 5.91 Å². The van der Waals surface area contributed by atoms with Crippen molar-refractivity contribution in [3.05, 3.63) is 29.8 Å². The molecule has 38 heavy (non-hydrogen) atoms. The lowest BCUT2D eigenvalue weighted by atomic mass is 10.1. The van der Waals surface area contributed by atoms with Crippen LogP contribution in [0.5, 0.6) is 0 Å². The van der Waals surface area contributed by atoms with E-state index in [4.69, 9.17) is 25.5 Å². The second kappa shape index (κ2) is 13.0.